The summed E-state index contributed by atoms with van der Waals surface area (Å²) in [4.78, 5) is 23.2. The lowest BCUT2D eigenvalue weighted by Crippen LogP contribution is -2.53. The third-order valence-corrected chi connectivity index (χ3v) is 4.06. The van der Waals surface area contributed by atoms with Crippen molar-refractivity contribution in [1.29, 1.82) is 0 Å². The molecule has 114 valence electrons. The summed E-state index contributed by atoms with van der Waals surface area (Å²) in [6.07, 6.45) is 2.26. The molecule has 0 aromatic heterocycles. The van der Waals surface area contributed by atoms with E-state index in [0.29, 0.717) is 24.6 Å². The summed E-state index contributed by atoms with van der Waals surface area (Å²) in [5.41, 5.74) is 7.07. The lowest BCUT2D eigenvalue weighted by atomic mass is 9.95. The Bertz CT molecular complexity index is 523. The van der Waals surface area contributed by atoms with Crippen molar-refractivity contribution in [2.24, 2.45) is 11.7 Å². The average Bonchev–Trinajstić information content (AvgIpc) is 3.30. The van der Waals surface area contributed by atoms with Crippen molar-refractivity contribution in [3.63, 3.8) is 0 Å². The number of benzene rings is 1. The van der Waals surface area contributed by atoms with Crippen molar-refractivity contribution in [2.45, 2.75) is 38.8 Å². The van der Waals surface area contributed by atoms with Crippen molar-refractivity contribution < 1.29 is 9.59 Å². The standard InChI is InChI=1S/C16H23N3O2/c1-11(20)18-9-12-3-5-13(6-4-12)15(21)19-16(2,10-17)14-7-8-14/h3-6,14H,7-10,17H2,1-2H3,(H,18,20)(H,19,21). The number of hydrogen-bond donors (Lipinski definition) is 3. The van der Waals surface area contributed by atoms with E-state index in [9.17, 15) is 9.59 Å². The first-order valence-electron chi connectivity index (χ1n) is 7.30. The number of nitrogens with one attached hydrogen (secondary N) is 2. The zero-order valence-corrected chi connectivity index (χ0v) is 12.6. The van der Waals surface area contributed by atoms with Crippen LogP contribution in [0.4, 0.5) is 0 Å². The summed E-state index contributed by atoms with van der Waals surface area (Å²) < 4.78 is 0. The number of hydrogen-bond acceptors (Lipinski definition) is 3. The van der Waals surface area contributed by atoms with Gasteiger partial charge >= 0.3 is 0 Å². The van der Waals surface area contributed by atoms with E-state index in [4.69, 9.17) is 5.73 Å². The molecule has 0 radical (unpaired) electrons. The fraction of sp³-hybridized carbons (Fsp3) is 0.500. The van der Waals surface area contributed by atoms with Gasteiger partial charge in [-0.1, -0.05) is 12.1 Å². The molecule has 5 nitrogen and oxygen atoms in total. The number of nitrogens with two attached hydrogens (primary N) is 1. The average molecular weight is 289 g/mol. The second-order valence-electron chi connectivity index (χ2n) is 5.96. The quantitative estimate of drug-likeness (QED) is 0.735. The molecule has 1 aliphatic carbocycles. The topological polar surface area (TPSA) is 84.2 Å². The smallest absolute Gasteiger partial charge is 0.251 e. The predicted molar refractivity (Wildman–Crippen MR) is 81.6 cm³/mol. The zero-order valence-electron chi connectivity index (χ0n) is 12.6. The predicted octanol–water partition coefficient (Wildman–Crippen LogP) is 1.18. The third-order valence-electron chi connectivity index (χ3n) is 4.06. The van der Waals surface area contributed by atoms with Gasteiger partial charge in [0.2, 0.25) is 5.91 Å². The number of carbonyl (C=O) groups is 2. The van der Waals surface area contributed by atoms with Gasteiger partial charge < -0.3 is 16.4 Å². The summed E-state index contributed by atoms with van der Waals surface area (Å²) in [6, 6.07) is 7.25. The Kier molecular flexibility index (Phi) is 4.63. The number of rotatable bonds is 6. The summed E-state index contributed by atoms with van der Waals surface area (Å²) in [6.45, 7) is 4.41. The summed E-state index contributed by atoms with van der Waals surface area (Å²) in [7, 11) is 0. The van der Waals surface area contributed by atoms with Crippen molar-refractivity contribution in [3.8, 4) is 0 Å². The Morgan fingerprint density at radius 1 is 1.29 bits per heavy atom. The monoisotopic (exact) mass is 289 g/mol. The molecular weight excluding hydrogens is 266 g/mol. The van der Waals surface area contributed by atoms with Crippen LogP contribution in [0, 0.1) is 5.92 Å². The molecule has 0 heterocycles. The second kappa shape index (κ2) is 6.26. The van der Waals surface area contributed by atoms with Crippen LogP contribution in [0.1, 0.15) is 42.6 Å². The van der Waals surface area contributed by atoms with Crippen LogP contribution < -0.4 is 16.4 Å². The molecule has 0 aliphatic heterocycles. The maximum Gasteiger partial charge on any atom is 0.251 e. The first-order chi connectivity index (χ1) is 9.94. The Hall–Kier alpha value is -1.88. The highest BCUT2D eigenvalue weighted by molar-refractivity contribution is 5.94. The van der Waals surface area contributed by atoms with Gasteiger partial charge in [-0.15, -0.1) is 0 Å². The van der Waals surface area contributed by atoms with Crippen molar-refractivity contribution in [2.75, 3.05) is 6.54 Å². The van der Waals surface area contributed by atoms with Crippen LogP contribution in [-0.2, 0) is 11.3 Å². The van der Waals surface area contributed by atoms with E-state index in [0.717, 1.165) is 18.4 Å². The Labute approximate surface area is 125 Å². The Morgan fingerprint density at radius 2 is 1.90 bits per heavy atom. The van der Waals surface area contributed by atoms with Gasteiger partial charge in [-0.25, -0.2) is 0 Å². The van der Waals surface area contributed by atoms with Gasteiger partial charge in [-0.2, -0.15) is 0 Å². The minimum absolute atomic E-state index is 0.0695. The van der Waals surface area contributed by atoms with Crippen LogP contribution in [-0.4, -0.2) is 23.9 Å². The molecule has 5 heteroatoms. The first-order valence-corrected chi connectivity index (χ1v) is 7.30. The molecule has 1 aliphatic rings. The Balaban J connectivity index is 1.97. The minimum Gasteiger partial charge on any atom is -0.352 e. The maximum absolute atomic E-state index is 12.3. The van der Waals surface area contributed by atoms with Gasteiger partial charge in [0.15, 0.2) is 0 Å². The molecule has 1 saturated carbocycles. The Morgan fingerprint density at radius 3 is 2.38 bits per heavy atom. The molecule has 0 spiro atoms. The van der Waals surface area contributed by atoms with E-state index in [1.54, 1.807) is 12.1 Å². The van der Waals surface area contributed by atoms with E-state index in [1.165, 1.54) is 6.92 Å². The van der Waals surface area contributed by atoms with Crippen LogP contribution in [0.15, 0.2) is 24.3 Å². The van der Waals surface area contributed by atoms with Crippen LogP contribution in [0.25, 0.3) is 0 Å². The van der Waals surface area contributed by atoms with Crippen LogP contribution in [0.5, 0.6) is 0 Å². The molecule has 1 aromatic carbocycles. The molecule has 0 saturated heterocycles. The maximum atomic E-state index is 12.3. The van der Waals surface area contributed by atoms with Gasteiger partial charge in [0, 0.05) is 25.6 Å². The molecule has 21 heavy (non-hydrogen) atoms. The van der Waals surface area contributed by atoms with Crippen LogP contribution >= 0.6 is 0 Å². The van der Waals surface area contributed by atoms with E-state index < -0.39 is 0 Å². The van der Waals surface area contributed by atoms with Crippen molar-refractivity contribution >= 4 is 11.8 Å². The van der Waals surface area contributed by atoms with Crippen molar-refractivity contribution in [1.82, 2.24) is 10.6 Å². The van der Waals surface area contributed by atoms with Gasteiger partial charge in [-0.05, 0) is 43.4 Å². The molecule has 1 atom stereocenters. The highest BCUT2D eigenvalue weighted by Crippen LogP contribution is 2.39. The largest absolute Gasteiger partial charge is 0.352 e. The molecule has 1 aromatic rings. The molecule has 1 unspecified atom stereocenters. The van der Waals surface area contributed by atoms with Crippen LogP contribution in [0.3, 0.4) is 0 Å². The lowest BCUT2D eigenvalue weighted by molar-refractivity contribution is -0.119. The summed E-state index contributed by atoms with van der Waals surface area (Å²) >= 11 is 0. The van der Waals surface area contributed by atoms with Gasteiger partial charge in [0.1, 0.15) is 0 Å². The lowest BCUT2D eigenvalue weighted by Gasteiger charge is -2.29. The molecule has 1 fully saturated rings. The molecule has 4 N–H and O–H groups in total. The molecule has 0 bridgehead atoms. The third kappa shape index (κ3) is 4.04. The molecular formula is C16H23N3O2. The van der Waals surface area contributed by atoms with E-state index in [1.807, 2.05) is 19.1 Å². The number of amides is 2. The van der Waals surface area contributed by atoms with Crippen LogP contribution in [0.2, 0.25) is 0 Å². The molecule has 2 rings (SSSR count). The highest BCUT2D eigenvalue weighted by Gasteiger charge is 2.41. The van der Waals surface area contributed by atoms with Gasteiger partial charge in [0.25, 0.3) is 5.91 Å². The SMILES string of the molecule is CC(=O)NCc1ccc(C(=O)NC(C)(CN)C2CC2)cc1. The fourth-order valence-corrected chi connectivity index (χ4v) is 2.37. The second-order valence-corrected chi connectivity index (χ2v) is 5.96. The number of carbonyl (C=O) groups excluding carboxylic acids is 2. The zero-order chi connectivity index (χ0) is 15.5. The van der Waals surface area contributed by atoms with Gasteiger partial charge in [-0.3, -0.25) is 9.59 Å². The summed E-state index contributed by atoms with van der Waals surface area (Å²) in [5, 5.41) is 5.78. The first kappa shape index (κ1) is 15.5. The van der Waals surface area contributed by atoms with Gasteiger partial charge in [0.05, 0.1) is 5.54 Å². The highest BCUT2D eigenvalue weighted by atomic mass is 16.2. The minimum atomic E-state index is -0.314. The van der Waals surface area contributed by atoms with E-state index in [2.05, 4.69) is 10.6 Å². The van der Waals surface area contributed by atoms with Crippen molar-refractivity contribution in [3.05, 3.63) is 35.4 Å². The normalized spacial score (nSPS) is 16.9. The summed E-state index contributed by atoms with van der Waals surface area (Å²) in [5.74, 6) is 0.325. The molecule has 2 amide bonds. The van der Waals surface area contributed by atoms with E-state index >= 15 is 0 Å². The fourth-order valence-electron chi connectivity index (χ4n) is 2.37. The van der Waals surface area contributed by atoms with E-state index in [-0.39, 0.29) is 17.4 Å².